The molecule has 2 aliphatic rings. The number of amides is 1. The van der Waals surface area contributed by atoms with Crippen LogP contribution in [0.3, 0.4) is 0 Å². The number of nitrogens with zero attached hydrogens (tertiary/aromatic N) is 2. The van der Waals surface area contributed by atoms with Crippen LogP contribution in [0.1, 0.15) is 43.5 Å². The summed E-state index contributed by atoms with van der Waals surface area (Å²) in [5.74, 6) is -0.931. The molecule has 0 bridgehead atoms. The van der Waals surface area contributed by atoms with E-state index in [1.54, 1.807) is 4.90 Å². The van der Waals surface area contributed by atoms with E-state index in [0.717, 1.165) is 19.3 Å². The SMILES string of the molecule is C[C@@H]1CN(C(=O)COC(=O)c2ccc(S(=O)(=O)N3CCCCC3)cc2)C[C@@H](C)O1. The Morgan fingerprint density at radius 2 is 1.62 bits per heavy atom. The Morgan fingerprint density at radius 3 is 2.21 bits per heavy atom. The number of carbonyl (C=O) groups is 2. The molecule has 0 aliphatic carbocycles. The third-order valence-electron chi connectivity index (χ3n) is 5.14. The molecule has 1 aromatic carbocycles. The molecule has 8 nitrogen and oxygen atoms in total. The first-order valence-corrected chi connectivity index (χ1v) is 11.4. The average Bonchev–Trinajstić information content (AvgIpc) is 2.71. The largest absolute Gasteiger partial charge is 0.452 e. The van der Waals surface area contributed by atoms with Crippen molar-refractivity contribution in [2.75, 3.05) is 32.8 Å². The maximum atomic E-state index is 12.7. The molecule has 1 amide bonds. The van der Waals surface area contributed by atoms with Crippen LogP contribution in [0.5, 0.6) is 0 Å². The van der Waals surface area contributed by atoms with E-state index in [0.29, 0.717) is 26.2 Å². The van der Waals surface area contributed by atoms with Crippen molar-refractivity contribution in [1.82, 2.24) is 9.21 Å². The predicted molar refractivity (Wildman–Crippen MR) is 106 cm³/mol. The lowest BCUT2D eigenvalue weighted by molar-refractivity contribution is -0.146. The molecule has 2 fully saturated rings. The van der Waals surface area contributed by atoms with Gasteiger partial charge in [0.05, 0.1) is 22.7 Å². The number of benzene rings is 1. The zero-order valence-corrected chi connectivity index (χ0v) is 17.7. The zero-order valence-electron chi connectivity index (χ0n) is 16.9. The summed E-state index contributed by atoms with van der Waals surface area (Å²) in [6.07, 6.45) is 2.63. The van der Waals surface area contributed by atoms with Crippen LogP contribution < -0.4 is 0 Å². The van der Waals surface area contributed by atoms with Gasteiger partial charge in [-0.25, -0.2) is 13.2 Å². The molecule has 0 N–H and O–H groups in total. The van der Waals surface area contributed by atoms with Gasteiger partial charge in [0.1, 0.15) is 0 Å². The fourth-order valence-electron chi connectivity index (χ4n) is 3.70. The Bertz CT molecular complexity index is 823. The van der Waals surface area contributed by atoms with E-state index < -0.39 is 16.0 Å². The van der Waals surface area contributed by atoms with Crippen molar-refractivity contribution in [3.63, 3.8) is 0 Å². The molecule has 1 aromatic rings. The lowest BCUT2D eigenvalue weighted by Gasteiger charge is -2.35. The number of esters is 1. The van der Waals surface area contributed by atoms with E-state index in [4.69, 9.17) is 9.47 Å². The van der Waals surface area contributed by atoms with Crippen molar-refractivity contribution >= 4 is 21.9 Å². The molecule has 0 unspecified atom stereocenters. The summed E-state index contributed by atoms with van der Waals surface area (Å²) < 4.78 is 37.5. The van der Waals surface area contributed by atoms with Gasteiger partial charge in [0.15, 0.2) is 6.61 Å². The summed E-state index contributed by atoms with van der Waals surface area (Å²) in [7, 11) is -3.55. The standard InChI is InChI=1S/C20H28N2O6S/c1-15-12-21(13-16(2)28-15)19(23)14-27-20(24)17-6-8-18(9-7-17)29(25,26)22-10-4-3-5-11-22/h6-9,15-16H,3-5,10-14H2,1-2H3/t15-,16-/m1/s1. The van der Waals surface area contributed by atoms with Crippen LogP contribution in [0.4, 0.5) is 0 Å². The minimum atomic E-state index is -3.55. The number of rotatable bonds is 5. The number of carbonyl (C=O) groups excluding carboxylic acids is 2. The quantitative estimate of drug-likeness (QED) is 0.668. The van der Waals surface area contributed by atoms with Gasteiger partial charge >= 0.3 is 5.97 Å². The van der Waals surface area contributed by atoms with E-state index in [1.165, 1.54) is 28.6 Å². The van der Waals surface area contributed by atoms with Crippen molar-refractivity contribution in [3.05, 3.63) is 29.8 Å². The Hall–Kier alpha value is -1.97. The van der Waals surface area contributed by atoms with Gasteiger partial charge in [-0.3, -0.25) is 4.79 Å². The van der Waals surface area contributed by atoms with E-state index >= 15 is 0 Å². The number of hydrogen-bond donors (Lipinski definition) is 0. The highest BCUT2D eigenvalue weighted by Gasteiger charge is 2.28. The average molecular weight is 425 g/mol. The first kappa shape index (κ1) is 21.7. The van der Waals surface area contributed by atoms with Crippen LogP contribution in [-0.2, 0) is 24.3 Å². The highest BCUT2D eigenvalue weighted by atomic mass is 32.2. The first-order valence-electron chi connectivity index (χ1n) is 9.98. The maximum absolute atomic E-state index is 12.7. The summed E-state index contributed by atoms with van der Waals surface area (Å²) in [6.45, 7) is 5.39. The molecule has 2 saturated heterocycles. The van der Waals surface area contributed by atoms with E-state index in [1.807, 2.05) is 13.8 Å². The molecule has 0 saturated carbocycles. The van der Waals surface area contributed by atoms with Gasteiger partial charge in [-0.05, 0) is 51.0 Å². The molecular formula is C20H28N2O6S. The van der Waals surface area contributed by atoms with Crippen LogP contribution in [0.2, 0.25) is 0 Å². The predicted octanol–water partition coefficient (Wildman–Crippen LogP) is 1.65. The second kappa shape index (κ2) is 9.23. The van der Waals surface area contributed by atoms with Crippen LogP contribution in [0.15, 0.2) is 29.2 Å². The molecule has 0 spiro atoms. The van der Waals surface area contributed by atoms with Gasteiger partial charge in [-0.15, -0.1) is 0 Å². The summed E-state index contributed by atoms with van der Waals surface area (Å²) in [4.78, 5) is 26.3. The van der Waals surface area contributed by atoms with Gasteiger partial charge in [-0.2, -0.15) is 4.31 Å². The molecule has 2 heterocycles. The van der Waals surface area contributed by atoms with Gasteiger partial charge in [0, 0.05) is 26.2 Å². The summed E-state index contributed by atoms with van der Waals surface area (Å²) in [5, 5.41) is 0. The van der Waals surface area contributed by atoms with Crippen molar-refractivity contribution in [2.24, 2.45) is 0 Å². The van der Waals surface area contributed by atoms with E-state index in [9.17, 15) is 18.0 Å². The maximum Gasteiger partial charge on any atom is 0.338 e. The van der Waals surface area contributed by atoms with Crippen molar-refractivity contribution in [2.45, 2.75) is 50.2 Å². The second-order valence-corrected chi connectivity index (χ2v) is 9.56. The number of hydrogen-bond acceptors (Lipinski definition) is 6. The second-order valence-electron chi connectivity index (χ2n) is 7.62. The highest BCUT2D eigenvalue weighted by molar-refractivity contribution is 7.89. The molecule has 29 heavy (non-hydrogen) atoms. The molecule has 9 heteroatoms. The molecule has 0 radical (unpaired) electrons. The van der Waals surface area contributed by atoms with Crippen molar-refractivity contribution in [3.8, 4) is 0 Å². The lowest BCUT2D eigenvalue weighted by Crippen LogP contribution is -2.49. The third kappa shape index (κ3) is 5.34. The fraction of sp³-hybridized carbons (Fsp3) is 0.600. The molecule has 160 valence electrons. The molecule has 2 aliphatic heterocycles. The Balaban J connectivity index is 1.57. The topological polar surface area (TPSA) is 93.2 Å². The molecule has 3 rings (SSSR count). The minimum Gasteiger partial charge on any atom is -0.452 e. The normalized spacial score (nSPS) is 23.6. The summed E-state index contributed by atoms with van der Waals surface area (Å²) in [6, 6.07) is 5.66. The van der Waals surface area contributed by atoms with Crippen LogP contribution >= 0.6 is 0 Å². The Morgan fingerprint density at radius 1 is 1.03 bits per heavy atom. The van der Waals surface area contributed by atoms with Crippen molar-refractivity contribution < 1.29 is 27.5 Å². The number of sulfonamides is 1. The smallest absolute Gasteiger partial charge is 0.338 e. The van der Waals surface area contributed by atoms with Crippen LogP contribution in [-0.4, -0.2) is 74.5 Å². The van der Waals surface area contributed by atoms with Gasteiger partial charge in [0.25, 0.3) is 5.91 Å². The van der Waals surface area contributed by atoms with Gasteiger partial charge in [-0.1, -0.05) is 6.42 Å². The molecule has 0 aromatic heterocycles. The van der Waals surface area contributed by atoms with Crippen LogP contribution in [0, 0.1) is 0 Å². The lowest BCUT2D eigenvalue weighted by atomic mass is 10.2. The van der Waals surface area contributed by atoms with Crippen molar-refractivity contribution in [1.29, 1.82) is 0 Å². The Kier molecular flexibility index (Phi) is 6.92. The number of piperidine rings is 1. The van der Waals surface area contributed by atoms with Gasteiger partial charge in [0.2, 0.25) is 10.0 Å². The fourth-order valence-corrected chi connectivity index (χ4v) is 5.22. The number of morpholine rings is 1. The zero-order chi connectivity index (χ0) is 21.0. The van der Waals surface area contributed by atoms with Gasteiger partial charge < -0.3 is 14.4 Å². The Labute approximate surface area is 171 Å². The minimum absolute atomic E-state index is 0.0622. The highest BCUT2D eigenvalue weighted by Crippen LogP contribution is 2.21. The molecular weight excluding hydrogens is 396 g/mol. The van der Waals surface area contributed by atoms with Crippen LogP contribution in [0.25, 0.3) is 0 Å². The summed E-state index contributed by atoms with van der Waals surface area (Å²) in [5.41, 5.74) is 0.208. The first-order chi connectivity index (χ1) is 13.8. The van der Waals surface area contributed by atoms with E-state index in [2.05, 4.69) is 0 Å². The van der Waals surface area contributed by atoms with E-state index in [-0.39, 0.29) is 35.2 Å². The summed E-state index contributed by atoms with van der Waals surface area (Å²) >= 11 is 0. The molecule has 2 atom stereocenters. The number of ether oxygens (including phenoxy) is 2. The third-order valence-corrected chi connectivity index (χ3v) is 7.05. The monoisotopic (exact) mass is 424 g/mol.